The molecule has 4 heteroatoms. The average Bonchev–Trinajstić information content (AvgIpc) is 2.45. The lowest BCUT2D eigenvalue weighted by Gasteiger charge is -2.38. The zero-order valence-electron chi connectivity index (χ0n) is 13.1. The van der Waals surface area contributed by atoms with Crippen molar-refractivity contribution in [2.75, 3.05) is 19.7 Å². The summed E-state index contributed by atoms with van der Waals surface area (Å²) in [5.41, 5.74) is 0.752. The number of amides is 1. The van der Waals surface area contributed by atoms with Crippen molar-refractivity contribution in [2.45, 2.75) is 38.7 Å². The molecule has 1 aromatic rings. The Morgan fingerprint density at radius 3 is 2.57 bits per heavy atom. The fourth-order valence-corrected chi connectivity index (χ4v) is 2.85. The maximum Gasteiger partial charge on any atom is 0.410 e. The fourth-order valence-electron chi connectivity index (χ4n) is 2.85. The van der Waals surface area contributed by atoms with Gasteiger partial charge in [0.25, 0.3) is 0 Å². The Labute approximate surface area is 126 Å². The Kier molecular flexibility index (Phi) is 4.88. The lowest BCUT2D eigenvalue weighted by molar-refractivity contribution is 0.0102. The van der Waals surface area contributed by atoms with E-state index in [1.54, 1.807) is 4.90 Å². The number of aliphatic hydroxyl groups is 1. The Hall–Kier alpha value is -1.55. The zero-order valence-corrected chi connectivity index (χ0v) is 13.1. The third-order valence-corrected chi connectivity index (χ3v) is 3.85. The molecule has 1 saturated heterocycles. The highest BCUT2D eigenvalue weighted by atomic mass is 16.6. The molecule has 1 N–H and O–H groups in total. The van der Waals surface area contributed by atoms with Crippen molar-refractivity contribution < 1.29 is 14.6 Å². The van der Waals surface area contributed by atoms with E-state index in [0.29, 0.717) is 19.0 Å². The first-order valence-electron chi connectivity index (χ1n) is 7.54. The number of nitrogens with zero attached hydrogens (tertiary/aromatic N) is 1. The van der Waals surface area contributed by atoms with Gasteiger partial charge < -0.3 is 14.7 Å². The van der Waals surface area contributed by atoms with E-state index in [0.717, 1.165) is 6.42 Å². The molecule has 0 aromatic heterocycles. The van der Waals surface area contributed by atoms with E-state index >= 15 is 0 Å². The SMILES string of the molecule is CC(C)(C)OC(=O)N1CC[C@H](c2ccccc2)[C@H](CO)C1. The van der Waals surface area contributed by atoms with Crippen LogP contribution in [0.25, 0.3) is 0 Å². The molecule has 1 aliphatic heterocycles. The Morgan fingerprint density at radius 2 is 2.00 bits per heavy atom. The molecule has 2 atom stereocenters. The van der Waals surface area contributed by atoms with Gasteiger partial charge in [-0.25, -0.2) is 4.79 Å². The minimum absolute atomic E-state index is 0.0636. The fraction of sp³-hybridized carbons (Fsp3) is 0.588. The van der Waals surface area contributed by atoms with Gasteiger partial charge in [0.1, 0.15) is 5.60 Å². The van der Waals surface area contributed by atoms with Gasteiger partial charge >= 0.3 is 6.09 Å². The monoisotopic (exact) mass is 291 g/mol. The number of hydrogen-bond acceptors (Lipinski definition) is 3. The van der Waals surface area contributed by atoms with Gasteiger partial charge in [0.2, 0.25) is 0 Å². The highest BCUT2D eigenvalue weighted by molar-refractivity contribution is 5.68. The molecule has 21 heavy (non-hydrogen) atoms. The summed E-state index contributed by atoms with van der Waals surface area (Å²) >= 11 is 0. The molecule has 2 rings (SSSR count). The maximum atomic E-state index is 12.1. The predicted octanol–water partition coefficient (Wildman–Crippen LogP) is 3.02. The van der Waals surface area contributed by atoms with Crippen LogP contribution in [0.4, 0.5) is 4.79 Å². The molecule has 1 aliphatic rings. The summed E-state index contributed by atoms with van der Waals surface area (Å²) < 4.78 is 5.42. The zero-order chi connectivity index (χ0) is 15.5. The van der Waals surface area contributed by atoms with E-state index in [1.807, 2.05) is 39.0 Å². The molecule has 1 amide bonds. The number of rotatable bonds is 2. The molecule has 0 saturated carbocycles. The van der Waals surface area contributed by atoms with Crippen LogP contribution in [0.3, 0.4) is 0 Å². The summed E-state index contributed by atoms with van der Waals surface area (Å²) in [6.45, 7) is 6.90. The molecule has 0 aliphatic carbocycles. The predicted molar refractivity (Wildman–Crippen MR) is 82.2 cm³/mol. The van der Waals surface area contributed by atoms with Crippen LogP contribution < -0.4 is 0 Å². The largest absolute Gasteiger partial charge is 0.444 e. The normalized spacial score (nSPS) is 23.0. The molecule has 0 spiro atoms. The number of benzene rings is 1. The Balaban J connectivity index is 2.03. The van der Waals surface area contributed by atoms with Crippen molar-refractivity contribution in [1.29, 1.82) is 0 Å². The smallest absolute Gasteiger partial charge is 0.410 e. The van der Waals surface area contributed by atoms with E-state index < -0.39 is 5.60 Å². The number of likely N-dealkylation sites (tertiary alicyclic amines) is 1. The van der Waals surface area contributed by atoms with Crippen LogP contribution in [0.15, 0.2) is 30.3 Å². The first-order chi connectivity index (χ1) is 9.90. The van der Waals surface area contributed by atoms with Crippen molar-refractivity contribution in [3.05, 3.63) is 35.9 Å². The summed E-state index contributed by atoms with van der Waals surface area (Å²) in [5, 5.41) is 9.68. The number of aliphatic hydroxyl groups excluding tert-OH is 1. The van der Waals surface area contributed by atoms with Gasteiger partial charge in [-0.2, -0.15) is 0 Å². The van der Waals surface area contributed by atoms with E-state index in [-0.39, 0.29) is 18.6 Å². The second-order valence-corrected chi connectivity index (χ2v) is 6.67. The van der Waals surface area contributed by atoms with Crippen LogP contribution in [0.5, 0.6) is 0 Å². The van der Waals surface area contributed by atoms with Crippen molar-refractivity contribution in [3.63, 3.8) is 0 Å². The molecule has 4 nitrogen and oxygen atoms in total. The second-order valence-electron chi connectivity index (χ2n) is 6.67. The van der Waals surface area contributed by atoms with E-state index in [4.69, 9.17) is 4.74 Å². The van der Waals surface area contributed by atoms with Crippen LogP contribution in [0, 0.1) is 5.92 Å². The minimum Gasteiger partial charge on any atom is -0.444 e. The van der Waals surface area contributed by atoms with Crippen molar-refractivity contribution in [3.8, 4) is 0 Å². The van der Waals surface area contributed by atoms with Gasteiger partial charge in [0, 0.05) is 25.6 Å². The first kappa shape index (κ1) is 15.8. The summed E-state index contributed by atoms with van der Waals surface area (Å²) in [4.78, 5) is 13.9. The molecule has 0 bridgehead atoms. The summed E-state index contributed by atoms with van der Waals surface area (Å²) in [5.74, 6) is 0.364. The Bertz CT molecular complexity index is 467. The summed E-state index contributed by atoms with van der Waals surface area (Å²) in [6.07, 6.45) is 0.571. The molecule has 0 radical (unpaired) electrons. The third kappa shape index (κ3) is 4.21. The van der Waals surface area contributed by atoms with Crippen LogP contribution in [-0.2, 0) is 4.74 Å². The topological polar surface area (TPSA) is 49.8 Å². The minimum atomic E-state index is -0.484. The number of ether oxygens (including phenoxy) is 1. The molecule has 1 aromatic carbocycles. The van der Waals surface area contributed by atoms with Crippen molar-refractivity contribution >= 4 is 6.09 Å². The maximum absolute atomic E-state index is 12.1. The Morgan fingerprint density at radius 1 is 1.33 bits per heavy atom. The average molecular weight is 291 g/mol. The second kappa shape index (κ2) is 6.48. The molecular formula is C17H25NO3. The number of hydrogen-bond donors (Lipinski definition) is 1. The standard InChI is InChI=1S/C17H25NO3/c1-17(2,3)21-16(20)18-10-9-15(14(11-18)12-19)13-7-5-4-6-8-13/h4-8,14-15,19H,9-12H2,1-3H3/t14-,15+/m0/s1. The van der Waals surface area contributed by atoms with Crippen LogP contribution in [0.2, 0.25) is 0 Å². The van der Waals surface area contributed by atoms with E-state index in [9.17, 15) is 9.90 Å². The highest BCUT2D eigenvalue weighted by Gasteiger charge is 2.33. The van der Waals surface area contributed by atoms with Crippen LogP contribution in [-0.4, -0.2) is 41.4 Å². The van der Waals surface area contributed by atoms with Gasteiger partial charge in [0.05, 0.1) is 0 Å². The van der Waals surface area contributed by atoms with Gasteiger partial charge in [-0.05, 0) is 38.7 Å². The van der Waals surface area contributed by atoms with Gasteiger partial charge in [-0.3, -0.25) is 0 Å². The van der Waals surface area contributed by atoms with Crippen LogP contribution >= 0.6 is 0 Å². The van der Waals surface area contributed by atoms with Gasteiger partial charge in [-0.1, -0.05) is 30.3 Å². The quantitative estimate of drug-likeness (QED) is 0.911. The van der Waals surface area contributed by atoms with E-state index in [1.165, 1.54) is 5.56 Å². The van der Waals surface area contributed by atoms with Crippen LogP contribution in [0.1, 0.15) is 38.7 Å². The van der Waals surface area contributed by atoms with E-state index in [2.05, 4.69) is 12.1 Å². The molecule has 1 fully saturated rings. The third-order valence-electron chi connectivity index (χ3n) is 3.85. The highest BCUT2D eigenvalue weighted by Crippen LogP contribution is 2.33. The first-order valence-corrected chi connectivity index (χ1v) is 7.54. The number of carbonyl (C=O) groups is 1. The lowest BCUT2D eigenvalue weighted by Crippen LogP contribution is -2.46. The molecule has 1 heterocycles. The number of carbonyl (C=O) groups excluding carboxylic acids is 1. The number of piperidine rings is 1. The molecular weight excluding hydrogens is 266 g/mol. The molecule has 116 valence electrons. The molecule has 0 unspecified atom stereocenters. The lowest BCUT2D eigenvalue weighted by atomic mass is 9.81. The summed E-state index contributed by atoms with van der Waals surface area (Å²) in [7, 11) is 0. The summed E-state index contributed by atoms with van der Waals surface area (Å²) in [6, 6.07) is 10.2. The van der Waals surface area contributed by atoms with Gasteiger partial charge in [0.15, 0.2) is 0 Å². The van der Waals surface area contributed by atoms with Crippen molar-refractivity contribution in [2.24, 2.45) is 5.92 Å². The van der Waals surface area contributed by atoms with Gasteiger partial charge in [-0.15, -0.1) is 0 Å². The van der Waals surface area contributed by atoms with Crippen molar-refractivity contribution in [1.82, 2.24) is 4.90 Å².